The van der Waals surface area contributed by atoms with Gasteiger partial charge in [0.2, 0.25) is 29.5 Å². The summed E-state index contributed by atoms with van der Waals surface area (Å²) in [6, 6.07) is 2.28. The molecule has 0 saturated heterocycles. The van der Waals surface area contributed by atoms with Gasteiger partial charge in [-0.3, -0.25) is 14.4 Å². The van der Waals surface area contributed by atoms with Crippen molar-refractivity contribution < 1.29 is 86.3 Å². The maximum atomic E-state index is 12.4. The maximum absolute atomic E-state index is 12.4. The van der Waals surface area contributed by atoms with Crippen LogP contribution in [0.5, 0.6) is 11.8 Å². The van der Waals surface area contributed by atoms with E-state index >= 15 is 0 Å². The lowest BCUT2D eigenvalue weighted by Crippen LogP contribution is -2.35. The number of hydrogen-bond donors (Lipinski definition) is 5. The molecular formula is C34H60N4O18. The van der Waals surface area contributed by atoms with Crippen molar-refractivity contribution >= 4 is 23.7 Å². The number of nitrogens with one attached hydrogen (secondary N) is 3. The van der Waals surface area contributed by atoms with Crippen molar-refractivity contribution in [2.24, 2.45) is 0 Å². The topological polar surface area (TPSA) is 261 Å². The second-order valence-corrected chi connectivity index (χ2v) is 11.2. The van der Waals surface area contributed by atoms with Gasteiger partial charge in [-0.2, -0.15) is 0 Å². The molecule has 0 aliphatic heterocycles. The predicted molar refractivity (Wildman–Crippen MR) is 193 cm³/mol. The number of carbonyl (C=O) groups excluding carboxylic acids is 4. The van der Waals surface area contributed by atoms with E-state index in [-0.39, 0.29) is 124 Å². The van der Waals surface area contributed by atoms with Gasteiger partial charge in [0.05, 0.1) is 112 Å². The molecule has 1 aromatic heterocycles. The predicted octanol–water partition coefficient (Wildman–Crippen LogP) is -2.60. The summed E-state index contributed by atoms with van der Waals surface area (Å²) >= 11 is 0. The number of hydrogen-bond acceptors (Lipinski definition) is 18. The van der Waals surface area contributed by atoms with Crippen LogP contribution in [-0.2, 0) is 71.3 Å². The highest BCUT2D eigenvalue weighted by atomic mass is 16.7. The summed E-state index contributed by atoms with van der Waals surface area (Å²) < 4.78 is 59.2. The summed E-state index contributed by atoms with van der Waals surface area (Å²) in [5, 5.41) is 27.0. The number of ether oxygens (including phenoxy) is 11. The van der Waals surface area contributed by atoms with Crippen LogP contribution >= 0.6 is 0 Å². The molecule has 0 atom stereocenters. The molecule has 5 N–H and O–H groups in total. The number of rotatable bonds is 39. The largest absolute Gasteiger partial charge is 0.492 e. The van der Waals surface area contributed by atoms with Crippen LogP contribution in [0.1, 0.15) is 6.42 Å². The normalized spacial score (nSPS) is 11.2. The molecule has 0 bridgehead atoms. The van der Waals surface area contributed by atoms with E-state index in [0.717, 1.165) is 12.1 Å². The van der Waals surface area contributed by atoms with Crippen molar-refractivity contribution in [2.75, 3.05) is 159 Å². The van der Waals surface area contributed by atoms with Crippen molar-refractivity contribution in [3.8, 4) is 11.8 Å². The van der Waals surface area contributed by atoms with E-state index in [1.165, 1.54) is 0 Å². The van der Waals surface area contributed by atoms with Crippen LogP contribution in [0.3, 0.4) is 0 Å². The second kappa shape index (κ2) is 35.7. The molecule has 0 spiro atoms. The Morgan fingerprint density at radius 3 is 1.41 bits per heavy atom. The smallest absolute Gasteiger partial charge is 0.334 e. The molecule has 324 valence electrons. The van der Waals surface area contributed by atoms with Crippen LogP contribution in [0.25, 0.3) is 0 Å². The van der Waals surface area contributed by atoms with Crippen molar-refractivity contribution in [1.82, 2.24) is 20.7 Å². The number of nitrogens with zero attached hydrogens (tertiary/aromatic N) is 1. The van der Waals surface area contributed by atoms with Crippen molar-refractivity contribution in [1.29, 1.82) is 0 Å². The van der Waals surface area contributed by atoms with E-state index in [4.69, 9.17) is 56.9 Å². The maximum Gasteiger partial charge on any atom is 0.334 e. The Hall–Kier alpha value is -3.68. The number of aromatic nitrogens is 1. The summed E-state index contributed by atoms with van der Waals surface area (Å²) in [4.78, 5) is 52.8. The fourth-order valence-corrected chi connectivity index (χ4v) is 3.89. The molecule has 22 nitrogen and oxygen atoms in total. The number of carbonyl (C=O) groups is 4. The molecule has 0 saturated carbocycles. The van der Waals surface area contributed by atoms with Gasteiger partial charge < -0.3 is 83.1 Å². The summed E-state index contributed by atoms with van der Waals surface area (Å²) in [6.07, 6.45) is -0.899. The zero-order chi connectivity index (χ0) is 40.9. The highest BCUT2D eigenvalue weighted by molar-refractivity contribution is 5.78. The molecule has 56 heavy (non-hydrogen) atoms. The number of methoxy groups -OCH3 is 2. The fraction of sp³-hybridized carbons (Fsp3) is 0.765. The Bertz CT molecular complexity index is 1090. The van der Waals surface area contributed by atoms with Gasteiger partial charge in [-0.25, -0.2) is 4.79 Å². The Morgan fingerprint density at radius 2 is 0.929 bits per heavy atom. The molecule has 0 fully saturated rings. The first-order valence-electron chi connectivity index (χ1n) is 18.1. The lowest BCUT2D eigenvalue weighted by molar-refractivity contribution is -0.145. The summed E-state index contributed by atoms with van der Waals surface area (Å²) in [5.41, 5.74) is 0. The quantitative estimate of drug-likeness (QED) is 0.0427. The zero-order valence-corrected chi connectivity index (χ0v) is 32.4. The molecule has 0 aliphatic carbocycles. The molecule has 1 aromatic rings. The van der Waals surface area contributed by atoms with Crippen LogP contribution in [-0.4, -0.2) is 204 Å². The highest BCUT2D eigenvalue weighted by Gasteiger charge is 2.15. The molecule has 22 heteroatoms. The van der Waals surface area contributed by atoms with Crippen LogP contribution < -0.4 is 20.8 Å². The Labute approximate surface area is 326 Å². The van der Waals surface area contributed by atoms with Crippen molar-refractivity contribution in [3.05, 3.63) is 12.1 Å². The van der Waals surface area contributed by atoms with Gasteiger partial charge in [0.15, 0.2) is 0 Å². The lowest BCUT2D eigenvalue weighted by atomic mass is 10.4. The van der Waals surface area contributed by atoms with E-state index in [0.29, 0.717) is 44.4 Å². The van der Waals surface area contributed by atoms with Crippen LogP contribution in [0.15, 0.2) is 12.1 Å². The van der Waals surface area contributed by atoms with Crippen molar-refractivity contribution in [2.45, 2.75) is 12.5 Å². The van der Waals surface area contributed by atoms with E-state index in [2.05, 4.69) is 16.0 Å². The van der Waals surface area contributed by atoms with Crippen LogP contribution in [0, 0.1) is 0 Å². The van der Waals surface area contributed by atoms with E-state index in [9.17, 15) is 29.4 Å². The molecule has 0 radical (unpaired) electrons. The number of amides is 3. The third kappa shape index (κ3) is 29.6. The van der Waals surface area contributed by atoms with Gasteiger partial charge in [0.1, 0.15) is 25.9 Å². The molecular weight excluding hydrogens is 752 g/mol. The molecule has 0 aliphatic rings. The molecule has 1 heterocycles. The first-order chi connectivity index (χ1) is 27.3. The highest BCUT2D eigenvalue weighted by Crippen LogP contribution is 2.18. The third-order valence-electron chi connectivity index (χ3n) is 6.65. The Kier molecular flexibility index (Phi) is 32.1. The standard InChI is InChI=1S/C34H60N4O18/c1-45-11-13-49-17-21-53-25-29(39)36-7-9-47-15-19-51-23-28(55-27-31(41)35-6-5-34(44)56-38-32(42)3-4-33(38)43)24-52-20-16-48-10-8-37-30(40)26-54-22-18-50-14-12-46-2/h3-4,28,42-43H,5-27H2,1-2H3,(H,35,41)(H,36,39)(H,37,40). The average Bonchev–Trinajstić information content (AvgIpc) is 3.49. The van der Waals surface area contributed by atoms with Crippen molar-refractivity contribution in [3.63, 3.8) is 0 Å². The minimum absolute atomic E-state index is 0.0598. The van der Waals surface area contributed by atoms with E-state index in [1.54, 1.807) is 14.2 Å². The monoisotopic (exact) mass is 812 g/mol. The third-order valence-corrected chi connectivity index (χ3v) is 6.65. The Morgan fingerprint density at radius 1 is 0.536 bits per heavy atom. The average molecular weight is 813 g/mol. The van der Waals surface area contributed by atoms with Gasteiger partial charge in [-0.1, -0.05) is 0 Å². The van der Waals surface area contributed by atoms with Gasteiger partial charge >= 0.3 is 5.97 Å². The van der Waals surface area contributed by atoms with E-state index in [1.807, 2.05) is 0 Å². The first-order valence-corrected chi connectivity index (χ1v) is 18.1. The SMILES string of the molecule is COCCOCCOCC(=O)NCCOCCOCC(COCCOCCNC(=O)COCCOCCOC)OCC(=O)NCCC(=O)On1c(O)ccc1O. The molecule has 3 amide bonds. The van der Waals surface area contributed by atoms with E-state index < -0.39 is 29.7 Å². The van der Waals surface area contributed by atoms with Crippen LogP contribution in [0.4, 0.5) is 0 Å². The minimum atomic E-state index is -0.809. The zero-order valence-electron chi connectivity index (χ0n) is 32.4. The van der Waals surface area contributed by atoms with Gasteiger partial charge in [0, 0.05) is 46.0 Å². The molecule has 0 aromatic carbocycles. The van der Waals surface area contributed by atoms with Gasteiger partial charge in [-0.15, -0.1) is 4.73 Å². The number of aromatic hydroxyl groups is 2. The van der Waals surface area contributed by atoms with Crippen LogP contribution in [0.2, 0.25) is 0 Å². The summed E-state index contributed by atoms with van der Waals surface area (Å²) in [5.74, 6) is -2.82. The second-order valence-electron chi connectivity index (χ2n) is 11.2. The Balaban J connectivity index is 2.28. The summed E-state index contributed by atoms with van der Waals surface area (Å²) in [6.45, 7) is 4.59. The fourth-order valence-electron chi connectivity index (χ4n) is 3.89. The lowest BCUT2D eigenvalue weighted by Gasteiger charge is -2.18. The molecule has 1 rings (SSSR count). The van der Waals surface area contributed by atoms with Gasteiger partial charge in [-0.05, 0) is 0 Å². The first kappa shape index (κ1) is 50.3. The van der Waals surface area contributed by atoms with Gasteiger partial charge in [0.25, 0.3) is 0 Å². The molecule has 0 unspecified atom stereocenters. The summed E-state index contributed by atoms with van der Waals surface area (Å²) in [7, 11) is 3.16. The minimum Gasteiger partial charge on any atom is -0.492 e.